The van der Waals surface area contributed by atoms with Gasteiger partial charge in [-0.3, -0.25) is 0 Å². The summed E-state index contributed by atoms with van der Waals surface area (Å²) in [5.41, 5.74) is 9.61. The van der Waals surface area contributed by atoms with Crippen molar-refractivity contribution >= 4 is 21.6 Å². The number of nitrogens with two attached hydrogens (primary N) is 1. The normalized spacial score (nSPS) is 10.8. The molecule has 20 heavy (non-hydrogen) atoms. The number of benzene rings is 2. The van der Waals surface area contributed by atoms with Crippen LogP contribution in [-0.4, -0.2) is 6.04 Å². The van der Waals surface area contributed by atoms with E-state index in [0.29, 0.717) is 12.6 Å². The zero-order valence-electron chi connectivity index (χ0n) is 12.0. The molecular weight excluding hydrogens is 312 g/mol. The number of hydrogen-bond donors (Lipinski definition) is 1. The summed E-state index contributed by atoms with van der Waals surface area (Å²) in [6.07, 6.45) is 0. The van der Waals surface area contributed by atoms with E-state index in [9.17, 15) is 0 Å². The predicted octanol–water partition coefficient (Wildman–Crippen LogP) is 4.32. The molecule has 0 fully saturated rings. The Morgan fingerprint density at radius 1 is 1.05 bits per heavy atom. The third kappa shape index (κ3) is 3.41. The van der Waals surface area contributed by atoms with Gasteiger partial charge >= 0.3 is 0 Å². The van der Waals surface area contributed by atoms with Crippen LogP contribution in [-0.2, 0) is 13.1 Å². The molecule has 2 aromatic carbocycles. The minimum atomic E-state index is 0.412. The standard InChI is InChI=1S/C17H21BrN2/c1-13(2)20(12-14-7-4-3-5-8-14)17-10-6-9-16(18)15(17)11-19/h3-10,13H,11-12,19H2,1-2H3. The lowest BCUT2D eigenvalue weighted by molar-refractivity contribution is 0.678. The lowest BCUT2D eigenvalue weighted by atomic mass is 10.1. The number of nitrogens with zero attached hydrogens (tertiary/aromatic N) is 1. The third-order valence-electron chi connectivity index (χ3n) is 3.43. The Bertz CT molecular complexity index is 552. The summed E-state index contributed by atoms with van der Waals surface area (Å²) in [4.78, 5) is 2.39. The maximum absolute atomic E-state index is 5.93. The molecule has 2 rings (SSSR count). The van der Waals surface area contributed by atoms with Crippen molar-refractivity contribution in [1.82, 2.24) is 0 Å². The van der Waals surface area contributed by atoms with E-state index in [1.165, 1.54) is 11.3 Å². The van der Waals surface area contributed by atoms with Crippen molar-refractivity contribution in [2.24, 2.45) is 5.73 Å². The maximum atomic E-state index is 5.93. The smallest absolute Gasteiger partial charge is 0.0432 e. The molecule has 0 spiro atoms. The van der Waals surface area contributed by atoms with E-state index in [-0.39, 0.29) is 0 Å². The quantitative estimate of drug-likeness (QED) is 0.883. The fourth-order valence-electron chi connectivity index (χ4n) is 2.34. The van der Waals surface area contributed by atoms with Crippen LogP contribution in [0, 0.1) is 0 Å². The van der Waals surface area contributed by atoms with Crippen molar-refractivity contribution in [2.75, 3.05) is 4.90 Å². The van der Waals surface area contributed by atoms with E-state index in [4.69, 9.17) is 5.73 Å². The number of rotatable bonds is 5. The van der Waals surface area contributed by atoms with Gasteiger partial charge in [-0.05, 0) is 31.5 Å². The average molecular weight is 333 g/mol. The van der Waals surface area contributed by atoms with Crippen molar-refractivity contribution in [3.8, 4) is 0 Å². The molecular formula is C17H21BrN2. The van der Waals surface area contributed by atoms with Gasteiger partial charge in [0, 0.05) is 34.9 Å². The summed E-state index contributed by atoms with van der Waals surface area (Å²) in [6.45, 7) is 5.85. The molecule has 0 atom stereocenters. The molecule has 0 amide bonds. The molecule has 0 aromatic heterocycles. The fourth-order valence-corrected chi connectivity index (χ4v) is 2.86. The Balaban J connectivity index is 2.37. The molecule has 0 heterocycles. The Morgan fingerprint density at radius 3 is 2.35 bits per heavy atom. The van der Waals surface area contributed by atoms with E-state index >= 15 is 0 Å². The second kappa shape index (κ2) is 6.91. The molecule has 0 radical (unpaired) electrons. The van der Waals surface area contributed by atoms with E-state index in [0.717, 1.165) is 16.6 Å². The van der Waals surface area contributed by atoms with Gasteiger partial charge in [-0.2, -0.15) is 0 Å². The summed E-state index contributed by atoms with van der Waals surface area (Å²) in [7, 11) is 0. The molecule has 0 aliphatic carbocycles. The van der Waals surface area contributed by atoms with Gasteiger partial charge in [0.15, 0.2) is 0 Å². The van der Waals surface area contributed by atoms with Crippen LogP contribution >= 0.6 is 15.9 Å². The van der Waals surface area contributed by atoms with Crippen LogP contribution in [0.4, 0.5) is 5.69 Å². The minimum absolute atomic E-state index is 0.412. The lowest BCUT2D eigenvalue weighted by Crippen LogP contribution is -2.31. The summed E-state index contributed by atoms with van der Waals surface area (Å²) in [6, 6.07) is 17.2. The first-order valence-electron chi connectivity index (χ1n) is 6.91. The molecule has 3 heteroatoms. The van der Waals surface area contributed by atoms with E-state index in [1.807, 2.05) is 12.1 Å². The molecule has 0 bridgehead atoms. The molecule has 0 unspecified atom stereocenters. The summed E-state index contributed by atoms with van der Waals surface area (Å²) >= 11 is 3.60. The first kappa shape index (κ1) is 15.1. The summed E-state index contributed by atoms with van der Waals surface area (Å²) in [5.74, 6) is 0. The number of halogens is 1. The van der Waals surface area contributed by atoms with E-state index in [1.54, 1.807) is 0 Å². The Kier molecular flexibility index (Phi) is 5.21. The Labute approximate surface area is 129 Å². The molecule has 2 aromatic rings. The van der Waals surface area contributed by atoms with Gasteiger partial charge in [-0.15, -0.1) is 0 Å². The Hall–Kier alpha value is -1.32. The second-order valence-corrected chi connectivity index (χ2v) is 6.00. The first-order chi connectivity index (χ1) is 9.63. The van der Waals surface area contributed by atoms with Crippen LogP contribution in [0.15, 0.2) is 53.0 Å². The van der Waals surface area contributed by atoms with Crippen molar-refractivity contribution in [3.63, 3.8) is 0 Å². The van der Waals surface area contributed by atoms with E-state index in [2.05, 4.69) is 71.1 Å². The van der Waals surface area contributed by atoms with Crippen molar-refractivity contribution in [1.29, 1.82) is 0 Å². The summed E-state index contributed by atoms with van der Waals surface area (Å²) < 4.78 is 1.08. The molecule has 2 nitrogen and oxygen atoms in total. The van der Waals surface area contributed by atoms with Crippen LogP contribution in [0.1, 0.15) is 25.0 Å². The van der Waals surface area contributed by atoms with Gasteiger partial charge in [-0.25, -0.2) is 0 Å². The van der Waals surface area contributed by atoms with Crippen LogP contribution in [0.2, 0.25) is 0 Å². The maximum Gasteiger partial charge on any atom is 0.0432 e. The van der Waals surface area contributed by atoms with Gasteiger partial charge in [0.25, 0.3) is 0 Å². The number of anilines is 1. The van der Waals surface area contributed by atoms with Crippen molar-refractivity contribution in [3.05, 3.63) is 64.1 Å². The highest BCUT2D eigenvalue weighted by Gasteiger charge is 2.15. The monoisotopic (exact) mass is 332 g/mol. The van der Waals surface area contributed by atoms with Gasteiger partial charge in [0.05, 0.1) is 0 Å². The predicted molar refractivity (Wildman–Crippen MR) is 89.8 cm³/mol. The highest BCUT2D eigenvalue weighted by Crippen LogP contribution is 2.30. The zero-order valence-corrected chi connectivity index (χ0v) is 13.6. The topological polar surface area (TPSA) is 29.3 Å². The molecule has 0 saturated heterocycles. The lowest BCUT2D eigenvalue weighted by Gasteiger charge is -2.31. The van der Waals surface area contributed by atoms with Crippen molar-refractivity contribution in [2.45, 2.75) is 33.0 Å². The Morgan fingerprint density at radius 2 is 1.75 bits per heavy atom. The second-order valence-electron chi connectivity index (χ2n) is 5.15. The molecule has 0 aliphatic rings. The minimum Gasteiger partial charge on any atom is -0.364 e. The van der Waals surface area contributed by atoms with Crippen LogP contribution in [0.5, 0.6) is 0 Å². The first-order valence-corrected chi connectivity index (χ1v) is 7.70. The fraction of sp³-hybridized carbons (Fsp3) is 0.294. The largest absolute Gasteiger partial charge is 0.364 e. The molecule has 2 N–H and O–H groups in total. The number of hydrogen-bond acceptors (Lipinski definition) is 2. The van der Waals surface area contributed by atoms with Crippen LogP contribution in [0.25, 0.3) is 0 Å². The summed E-state index contributed by atoms with van der Waals surface area (Å²) in [5, 5.41) is 0. The van der Waals surface area contributed by atoms with Gasteiger partial charge in [-0.1, -0.05) is 52.3 Å². The SMILES string of the molecule is CC(C)N(Cc1ccccc1)c1cccc(Br)c1CN. The molecule has 0 aliphatic heterocycles. The molecule has 0 saturated carbocycles. The zero-order chi connectivity index (χ0) is 14.5. The van der Waals surface area contributed by atoms with Gasteiger partial charge in [0.2, 0.25) is 0 Å². The highest BCUT2D eigenvalue weighted by atomic mass is 79.9. The van der Waals surface area contributed by atoms with Crippen LogP contribution < -0.4 is 10.6 Å². The third-order valence-corrected chi connectivity index (χ3v) is 4.17. The van der Waals surface area contributed by atoms with E-state index < -0.39 is 0 Å². The van der Waals surface area contributed by atoms with Gasteiger partial charge in [0.1, 0.15) is 0 Å². The average Bonchev–Trinajstić information content (AvgIpc) is 2.45. The van der Waals surface area contributed by atoms with Crippen LogP contribution in [0.3, 0.4) is 0 Å². The van der Waals surface area contributed by atoms with Gasteiger partial charge < -0.3 is 10.6 Å². The molecule has 106 valence electrons. The van der Waals surface area contributed by atoms with Crippen molar-refractivity contribution < 1.29 is 0 Å². The highest BCUT2D eigenvalue weighted by molar-refractivity contribution is 9.10.